The molecule has 1 amide bonds. The summed E-state index contributed by atoms with van der Waals surface area (Å²) in [7, 11) is 0. The maximum atomic E-state index is 11.6. The lowest BCUT2D eigenvalue weighted by Crippen LogP contribution is -2.38. The van der Waals surface area contributed by atoms with Crippen molar-refractivity contribution < 1.29 is 22.7 Å². The van der Waals surface area contributed by atoms with Crippen molar-refractivity contribution in [1.29, 1.82) is 0 Å². The average molecular weight is 197 g/mol. The van der Waals surface area contributed by atoms with E-state index < -0.39 is 12.1 Å². The molecule has 0 aliphatic heterocycles. The standard InChI is InChI=1S/C7H10F3NO2/c1-2-4-13-5-3-11-6(12)7(8,9)10/h2H,1,3-5H2,(H,11,12). The van der Waals surface area contributed by atoms with Gasteiger partial charge in [-0.2, -0.15) is 13.2 Å². The molecule has 0 bridgehead atoms. The summed E-state index contributed by atoms with van der Waals surface area (Å²) in [6.07, 6.45) is -3.36. The van der Waals surface area contributed by atoms with Gasteiger partial charge >= 0.3 is 12.1 Å². The molecule has 0 saturated heterocycles. The van der Waals surface area contributed by atoms with Crippen molar-refractivity contribution >= 4 is 5.91 Å². The lowest BCUT2D eigenvalue weighted by atomic mass is 10.5. The summed E-state index contributed by atoms with van der Waals surface area (Å²) in [4.78, 5) is 10.2. The summed E-state index contributed by atoms with van der Waals surface area (Å²) in [5.41, 5.74) is 0. The molecule has 0 aliphatic carbocycles. The first kappa shape index (κ1) is 12.0. The van der Waals surface area contributed by atoms with Gasteiger partial charge in [0.1, 0.15) is 0 Å². The fraction of sp³-hybridized carbons (Fsp3) is 0.571. The molecule has 0 aromatic carbocycles. The Morgan fingerprint density at radius 1 is 1.54 bits per heavy atom. The summed E-state index contributed by atoms with van der Waals surface area (Å²) >= 11 is 0. The smallest absolute Gasteiger partial charge is 0.376 e. The molecule has 0 saturated carbocycles. The van der Waals surface area contributed by atoms with E-state index in [1.165, 1.54) is 6.08 Å². The molecule has 0 heterocycles. The lowest BCUT2D eigenvalue weighted by molar-refractivity contribution is -0.173. The van der Waals surface area contributed by atoms with Crippen LogP contribution < -0.4 is 5.32 Å². The van der Waals surface area contributed by atoms with Crippen LogP contribution in [0.4, 0.5) is 13.2 Å². The van der Waals surface area contributed by atoms with Crippen LogP contribution in [0.15, 0.2) is 12.7 Å². The lowest BCUT2D eigenvalue weighted by Gasteiger charge is -2.07. The SMILES string of the molecule is C=CCOCCNC(=O)C(F)(F)F. The molecule has 6 heteroatoms. The summed E-state index contributed by atoms with van der Waals surface area (Å²) in [5.74, 6) is -1.95. The van der Waals surface area contributed by atoms with Crippen LogP contribution in [0.25, 0.3) is 0 Å². The van der Waals surface area contributed by atoms with Gasteiger partial charge in [-0.05, 0) is 0 Å². The summed E-state index contributed by atoms with van der Waals surface area (Å²) in [5, 5.41) is 1.66. The van der Waals surface area contributed by atoms with E-state index in [-0.39, 0.29) is 19.8 Å². The summed E-state index contributed by atoms with van der Waals surface area (Å²) < 4.78 is 39.4. The van der Waals surface area contributed by atoms with Gasteiger partial charge in [-0.3, -0.25) is 4.79 Å². The molecule has 76 valence electrons. The average Bonchev–Trinajstić information content (AvgIpc) is 2.02. The topological polar surface area (TPSA) is 38.3 Å². The highest BCUT2D eigenvalue weighted by molar-refractivity contribution is 5.81. The Hall–Kier alpha value is -1.04. The molecule has 3 nitrogen and oxygen atoms in total. The van der Waals surface area contributed by atoms with Crippen LogP contribution >= 0.6 is 0 Å². The minimum absolute atomic E-state index is 0.0356. The third-order valence-electron chi connectivity index (χ3n) is 1.03. The zero-order valence-corrected chi connectivity index (χ0v) is 6.86. The van der Waals surface area contributed by atoms with E-state index in [1.807, 2.05) is 0 Å². The molecule has 0 spiro atoms. The van der Waals surface area contributed by atoms with Crippen molar-refractivity contribution in [3.8, 4) is 0 Å². The van der Waals surface area contributed by atoms with Crippen LogP contribution in [0.5, 0.6) is 0 Å². The highest BCUT2D eigenvalue weighted by Crippen LogP contribution is 2.13. The molecule has 0 fully saturated rings. The van der Waals surface area contributed by atoms with Crippen molar-refractivity contribution in [3.05, 3.63) is 12.7 Å². The number of halogens is 3. The number of alkyl halides is 3. The largest absolute Gasteiger partial charge is 0.471 e. The number of hydrogen-bond donors (Lipinski definition) is 1. The third kappa shape index (κ3) is 6.15. The highest BCUT2D eigenvalue weighted by Gasteiger charge is 2.38. The van der Waals surface area contributed by atoms with E-state index in [9.17, 15) is 18.0 Å². The molecule has 13 heavy (non-hydrogen) atoms. The summed E-state index contributed by atoms with van der Waals surface area (Å²) in [6.45, 7) is 3.47. The van der Waals surface area contributed by atoms with Crippen molar-refractivity contribution in [1.82, 2.24) is 5.32 Å². The molecule has 0 rings (SSSR count). The Morgan fingerprint density at radius 2 is 2.15 bits per heavy atom. The fourth-order valence-corrected chi connectivity index (χ4v) is 0.504. The first-order valence-corrected chi connectivity index (χ1v) is 3.52. The molecule has 0 aliphatic rings. The van der Waals surface area contributed by atoms with Crippen LogP contribution in [-0.4, -0.2) is 31.8 Å². The quantitative estimate of drug-likeness (QED) is 0.524. The highest BCUT2D eigenvalue weighted by atomic mass is 19.4. The Balaban J connectivity index is 3.43. The van der Waals surface area contributed by atoms with E-state index in [4.69, 9.17) is 4.74 Å². The maximum absolute atomic E-state index is 11.6. The minimum Gasteiger partial charge on any atom is -0.376 e. The van der Waals surface area contributed by atoms with Crippen molar-refractivity contribution in [3.63, 3.8) is 0 Å². The fourth-order valence-electron chi connectivity index (χ4n) is 0.504. The number of carbonyl (C=O) groups is 1. The predicted molar refractivity (Wildman–Crippen MR) is 40.1 cm³/mol. The van der Waals surface area contributed by atoms with Gasteiger partial charge in [0, 0.05) is 6.54 Å². The second kappa shape index (κ2) is 5.58. The monoisotopic (exact) mass is 197 g/mol. The van der Waals surface area contributed by atoms with Gasteiger partial charge in [0.25, 0.3) is 0 Å². The number of rotatable bonds is 5. The molecule has 0 radical (unpaired) electrons. The zero-order valence-electron chi connectivity index (χ0n) is 6.86. The molecule has 0 aromatic rings. The van der Waals surface area contributed by atoms with E-state index in [2.05, 4.69) is 6.58 Å². The van der Waals surface area contributed by atoms with Crippen molar-refractivity contribution in [2.45, 2.75) is 6.18 Å². The van der Waals surface area contributed by atoms with Crippen molar-refractivity contribution in [2.75, 3.05) is 19.8 Å². The summed E-state index contributed by atoms with van der Waals surface area (Å²) in [6, 6.07) is 0. The van der Waals surface area contributed by atoms with Gasteiger partial charge < -0.3 is 10.1 Å². The first-order valence-electron chi connectivity index (χ1n) is 3.52. The van der Waals surface area contributed by atoms with Crippen molar-refractivity contribution in [2.24, 2.45) is 0 Å². The molecule has 1 N–H and O–H groups in total. The van der Waals surface area contributed by atoms with Gasteiger partial charge in [-0.25, -0.2) is 0 Å². The minimum atomic E-state index is -4.82. The van der Waals surface area contributed by atoms with E-state index >= 15 is 0 Å². The number of ether oxygens (including phenoxy) is 1. The third-order valence-corrected chi connectivity index (χ3v) is 1.03. The Kier molecular flexibility index (Phi) is 5.13. The Morgan fingerprint density at radius 3 is 2.62 bits per heavy atom. The molecule has 0 atom stereocenters. The van der Waals surface area contributed by atoms with E-state index in [1.54, 1.807) is 5.32 Å². The number of hydrogen-bond acceptors (Lipinski definition) is 2. The molecular weight excluding hydrogens is 187 g/mol. The molecule has 0 aromatic heterocycles. The Bertz CT molecular complexity index is 179. The number of amides is 1. The number of carbonyl (C=O) groups excluding carboxylic acids is 1. The van der Waals surface area contributed by atoms with Crippen LogP contribution in [-0.2, 0) is 9.53 Å². The van der Waals surface area contributed by atoms with Gasteiger partial charge in [-0.15, -0.1) is 6.58 Å². The van der Waals surface area contributed by atoms with Crippen LogP contribution in [0.2, 0.25) is 0 Å². The van der Waals surface area contributed by atoms with E-state index in [0.29, 0.717) is 0 Å². The van der Waals surface area contributed by atoms with Crippen LogP contribution in [0.1, 0.15) is 0 Å². The van der Waals surface area contributed by atoms with Gasteiger partial charge in [-0.1, -0.05) is 6.08 Å². The second-order valence-electron chi connectivity index (χ2n) is 2.12. The molecule has 0 unspecified atom stereocenters. The molecular formula is C7H10F3NO2. The van der Waals surface area contributed by atoms with Gasteiger partial charge in [0.05, 0.1) is 13.2 Å². The maximum Gasteiger partial charge on any atom is 0.471 e. The van der Waals surface area contributed by atoms with Crippen LogP contribution in [0.3, 0.4) is 0 Å². The van der Waals surface area contributed by atoms with Crippen LogP contribution in [0, 0.1) is 0 Å². The normalized spacial score (nSPS) is 11.0. The predicted octanol–water partition coefficient (Wildman–Crippen LogP) is 0.867. The first-order chi connectivity index (χ1) is 5.98. The van der Waals surface area contributed by atoms with E-state index in [0.717, 1.165) is 0 Å². The van der Waals surface area contributed by atoms with Gasteiger partial charge in [0.15, 0.2) is 0 Å². The second-order valence-corrected chi connectivity index (χ2v) is 2.12. The zero-order chi connectivity index (χ0) is 10.3. The number of nitrogens with one attached hydrogen (secondary N) is 1. The van der Waals surface area contributed by atoms with Gasteiger partial charge in [0.2, 0.25) is 0 Å². The Labute approximate surface area is 73.6 Å².